The highest BCUT2D eigenvalue weighted by atomic mass is 32.2. The summed E-state index contributed by atoms with van der Waals surface area (Å²) in [6, 6.07) is 0. The van der Waals surface area contributed by atoms with Crippen molar-refractivity contribution in [3.63, 3.8) is 0 Å². The van der Waals surface area contributed by atoms with Gasteiger partial charge in [-0.3, -0.25) is 0 Å². The van der Waals surface area contributed by atoms with Crippen LogP contribution in [0, 0.1) is 16.7 Å². The predicted octanol–water partition coefficient (Wildman–Crippen LogP) is 2.24. The van der Waals surface area contributed by atoms with Gasteiger partial charge in [-0.25, -0.2) is 8.42 Å². The molecule has 3 nitrogen and oxygen atoms in total. The molecule has 0 saturated heterocycles. The van der Waals surface area contributed by atoms with Gasteiger partial charge in [0.2, 0.25) is 0 Å². The summed E-state index contributed by atoms with van der Waals surface area (Å²) in [6.45, 7) is 10.3. The van der Waals surface area contributed by atoms with E-state index in [4.69, 9.17) is 0 Å². The highest BCUT2D eigenvalue weighted by molar-refractivity contribution is 7.91. The van der Waals surface area contributed by atoms with Crippen molar-refractivity contribution in [3.05, 3.63) is 0 Å². The largest absolute Gasteiger partial charge is 0.393 e. The van der Waals surface area contributed by atoms with Crippen molar-refractivity contribution in [3.8, 4) is 0 Å². The average molecular weight is 262 g/mol. The number of sulfone groups is 1. The lowest BCUT2D eigenvalue weighted by Crippen LogP contribution is -2.17. The number of hydrogen-bond donors (Lipinski definition) is 1. The van der Waals surface area contributed by atoms with E-state index in [1.54, 1.807) is 6.92 Å². The monoisotopic (exact) mass is 262 g/mol. The van der Waals surface area contributed by atoms with Crippen molar-refractivity contribution in [2.75, 3.05) is 11.5 Å². The summed E-state index contributed by atoms with van der Waals surface area (Å²) in [7, 11) is -2.89. The van der Waals surface area contributed by atoms with E-state index < -0.39 is 9.84 Å². The van der Waals surface area contributed by atoms with E-state index in [0.29, 0.717) is 18.8 Å². The van der Waals surface area contributed by atoms with Gasteiger partial charge in [0.05, 0.1) is 11.9 Å². The Morgan fingerprint density at radius 3 is 2.00 bits per heavy atom. The van der Waals surface area contributed by atoms with Gasteiger partial charge in [-0.05, 0) is 29.6 Å². The van der Waals surface area contributed by atoms with E-state index >= 15 is 0 Å². The molecule has 1 aliphatic carbocycles. The molecule has 0 aromatic rings. The third kappa shape index (κ3) is 2.84. The van der Waals surface area contributed by atoms with Crippen LogP contribution in [-0.2, 0) is 9.84 Å². The minimum Gasteiger partial charge on any atom is -0.393 e. The maximum Gasteiger partial charge on any atom is 0.150 e. The fourth-order valence-electron chi connectivity index (χ4n) is 3.03. The Morgan fingerprint density at radius 1 is 1.18 bits per heavy atom. The first kappa shape index (κ1) is 15.0. The molecule has 1 fully saturated rings. The molecule has 1 unspecified atom stereocenters. The molecule has 17 heavy (non-hydrogen) atoms. The zero-order valence-electron chi connectivity index (χ0n) is 11.7. The molecule has 0 heterocycles. The van der Waals surface area contributed by atoms with Crippen molar-refractivity contribution >= 4 is 9.84 Å². The average Bonchev–Trinajstić information content (AvgIpc) is 2.57. The summed E-state index contributed by atoms with van der Waals surface area (Å²) >= 11 is 0. The first-order valence-electron chi connectivity index (χ1n) is 6.44. The second-order valence-electron chi connectivity index (χ2n) is 6.37. The molecule has 0 amide bonds. The van der Waals surface area contributed by atoms with Crippen LogP contribution in [0.5, 0.6) is 0 Å². The second-order valence-corrected chi connectivity index (χ2v) is 8.84. The highest BCUT2D eigenvalue weighted by Crippen LogP contribution is 2.70. The van der Waals surface area contributed by atoms with Crippen molar-refractivity contribution in [1.29, 1.82) is 0 Å². The Balaban J connectivity index is 2.41. The van der Waals surface area contributed by atoms with Crippen LogP contribution in [0.3, 0.4) is 0 Å². The maximum atomic E-state index is 11.3. The lowest BCUT2D eigenvalue weighted by Gasteiger charge is -2.12. The normalized spacial score (nSPS) is 24.6. The van der Waals surface area contributed by atoms with Crippen molar-refractivity contribution in [2.45, 2.75) is 53.6 Å². The Morgan fingerprint density at radius 2 is 1.65 bits per heavy atom. The first-order valence-corrected chi connectivity index (χ1v) is 8.27. The Hall–Kier alpha value is -0.0900. The Bertz CT molecular complexity index is 354. The van der Waals surface area contributed by atoms with Crippen molar-refractivity contribution in [2.24, 2.45) is 16.7 Å². The zero-order valence-corrected chi connectivity index (χ0v) is 12.5. The topological polar surface area (TPSA) is 54.4 Å². The van der Waals surface area contributed by atoms with Crippen LogP contribution in [-0.4, -0.2) is 31.1 Å². The van der Waals surface area contributed by atoms with Gasteiger partial charge in [0, 0.05) is 5.75 Å². The zero-order chi connectivity index (χ0) is 13.5. The number of aliphatic hydroxyl groups is 1. The number of hydrogen-bond acceptors (Lipinski definition) is 3. The van der Waals surface area contributed by atoms with Gasteiger partial charge >= 0.3 is 0 Å². The quantitative estimate of drug-likeness (QED) is 0.798. The molecule has 1 saturated carbocycles. The molecule has 0 radical (unpaired) electrons. The molecular weight excluding hydrogens is 236 g/mol. The molecule has 0 aromatic carbocycles. The third-order valence-corrected chi connectivity index (χ3v) is 6.70. The summed E-state index contributed by atoms with van der Waals surface area (Å²) in [4.78, 5) is 0. The summed E-state index contributed by atoms with van der Waals surface area (Å²) in [5, 5.41) is 10.1. The smallest absolute Gasteiger partial charge is 0.150 e. The van der Waals surface area contributed by atoms with Crippen LogP contribution in [0.25, 0.3) is 0 Å². The van der Waals surface area contributed by atoms with Gasteiger partial charge in [0.1, 0.15) is 9.84 Å². The minimum atomic E-state index is -2.89. The van der Waals surface area contributed by atoms with Crippen LogP contribution < -0.4 is 0 Å². The lowest BCUT2D eigenvalue weighted by molar-refractivity contribution is 0.119. The van der Waals surface area contributed by atoms with Gasteiger partial charge in [0.15, 0.2) is 0 Å². The Labute approximate surface area is 106 Å². The molecule has 1 N–H and O–H groups in total. The van der Waals surface area contributed by atoms with Gasteiger partial charge in [-0.1, -0.05) is 34.6 Å². The molecule has 1 rings (SSSR count). The molecule has 4 heteroatoms. The van der Waals surface area contributed by atoms with E-state index in [1.807, 2.05) is 0 Å². The summed E-state index contributed by atoms with van der Waals surface area (Å²) in [5.41, 5.74) is 0.325. The molecule has 1 aliphatic rings. The summed E-state index contributed by atoms with van der Waals surface area (Å²) in [5.74, 6) is 0.691. The molecule has 0 spiro atoms. The van der Waals surface area contributed by atoms with Gasteiger partial charge in [-0.15, -0.1) is 0 Å². The third-order valence-electron chi connectivity index (χ3n) is 4.91. The fourth-order valence-corrected chi connectivity index (χ4v) is 3.93. The van der Waals surface area contributed by atoms with Gasteiger partial charge in [0.25, 0.3) is 0 Å². The van der Waals surface area contributed by atoms with Gasteiger partial charge < -0.3 is 5.11 Å². The molecule has 0 bridgehead atoms. The first-order chi connectivity index (χ1) is 7.56. The van der Waals surface area contributed by atoms with E-state index in [-0.39, 0.29) is 28.4 Å². The van der Waals surface area contributed by atoms with Crippen molar-refractivity contribution in [1.82, 2.24) is 0 Å². The molecule has 0 aliphatic heterocycles. The molecular formula is C13H26O3S. The van der Waals surface area contributed by atoms with E-state index in [9.17, 15) is 13.5 Å². The van der Waals surface area contributed by atoms with Crippen LogP contribution in [0.1, 0.15) is 47.5 Å². The second kappa shape index (κ2) is 4.54. The Kier molecular flexibility index (Phi) is 4.00. The summed E-state index contributed by atoms with van der Waals surface area (Å²) in [6.07, 6.45) is 0.795. The van der Waals surface area contributed by atoms with Crippen LogP contribution >= 0.6 is 0 Å². The maximum absolute atomic E-state index is 11.3. The number of aliphatic hydroxyl groups excluding tert-OH is 1. The van der Waals surface area contributed by atoms with Crippen LogP contribution in [0.2, 0.25) is 0 Å². The van der Waals surface area contributed by atoms with E-state index in [1.165, 1.54) is 0 Å². The minimum absolute atomic E-state index is 0.163. The predicted molar refractivity (Wildman–Crippen MR) is 70.6 cm³/mol. The standard InChI is InChI=1S/C13H26O3S/c1-6-17(15,16)9-7-8-10(14)11-12(2,3)13(11,4)5/h10-11,14H,6-9H2,1-5H3. The van der Waals surface area contributed by atoms with Crippen LogP contribution in [0.15, 0.2) is 0 Å². The molecule has 102 valence electrons. The lowest BCUT2D eigenvalue weighted by atomic mass is 10.0. The van der Waals surface area contributed by atoms with E-state index in [2.05, 4.69) is 27.7 Å². The summed E-state index contributed by atoms with van der Waals surface area (Å²) < 4.78 is 22.7. The van der Waals surface area contributed by atoms with E-state index in [0.717, 1.165) is 0 Å². The number of rotatable bonds is 6. The van der Waals surface area contributed by atoms with Crippen molar-refractivity contribution < 1.29 is 13.5 Å². The SMILES string of the molecule is CCS(=O)(=O)CCCC(O)C1C(C)(C)C1(C)C. The fraction of sp³-hybridized carbons (Fsp3) is 1.00. The van der Waals surface area contributed by atoms with Gasteiger partial charge in [-0.2, -0.15) is 0 Å². The van der Waals surface area contributed by atoms with Crippen LogP contribution in [0.4, 0.5) is 0 Å². The highest BCUT2D eigenvalue weighted by Gasteiger charge is 2.66. The molecule has 0 aromatic heterocycles. The molecule has 1 atom stereocenters.